The molecule has 0 saturated carbocycles. The van der Waals surface area contributed by atoms with Crippen LogP contribution in [0.2, 0.25) is 0 Å². The van der Waals surface area contributed by atoms with Gasteiger partial charge in [0, 0.05) is 23.5 Å². The van der Waals surface area contributed by atoms with Crippen molar-refractivity contribution in [3.05, 3.63) is 62.2 Å². The van der Waals surface area contributed by atoms with Crippen LogP contribution in [0.3, 0.4) is 0 Å². The number of nitro benzene ring substituents is 1. The van der Waals surface area contributed by atoms with E-state index >= 15 is 0 Å². The van der Waals surface area contributed by atoms with E-state index in [0.29, 0.717) is 29.8 Å². The summed E-state index contributed by atoms with van der Waals surface area (Å²) in [7, 11) is -2.62. The number of carbonyl (C=O) groups excluding carboxylic acids is 1. The second-order valence-corrected chi connectivity index (χ2v) is 9.81. The monoisotopic (exact) mass is 480 g/mol. The van der Waals surface area contributed by atoms with Crippen LogP contribution in [0.1, 0.15) is 64.9 Å². The molecule has 33 heavy (non-hydrogen) atoms. The summed E-state index contributed by atoms with van der Waals surface area (Å²) in [6, 6.07) is 5.94. The molecule has 0 radical (unpaired) electrons. The van der Waals surface area contributed by atoms with Crippen molar-refractivity contribution in [3.63, 3.8) is 0 Å². The lowest BCUT2D eigenvalue weighted by Crippen LogP contribution is -2.29. The number of methoxy groups -OCH3 is 1. The van der Waals surface area contributed by atoms with Gasteiger partial charge in [-0.1, -0.05) is 38.8 Å². The van der Waals surface area contributed by atoms with Crippen molar-refractivity contribution in [2.24, 2.45) is 0 Å². The molecule has 1 aliphatic rings. The summed E-state index contributed by atoms with van der Waals surface area (Å²) < 4.78 is 31.0. The third-order valence-corrected chi connectivity index (χ3v) is 7.59. The topological polar surface area (TPSA) is 117 Å². The van der Waals surface area contributed by atoms with Crippen LogP contribution in [-0.4, -0.2) is 31.2 Å². The number of carbonyl (C=O) groups is 1. The van der Waals surface area contributed by atoms with E-state index in [0.717, 1.165) is 12.8 Å². The maximum absolute atomic E-state index is 14.2. The van der Waals surface area contributed by atoms with Gasteiger partial charge in [-0.25, -0.2) is 4.79 Å². The molecule has 0 aromatic heterocycles. The molecule has 0 saturated heterocycles. The van der Waals surface area contributed by atoms with Gasteiger partial charge >= 0.3 is 13.6 Å². The molecule has 1 atom stereocenters. The lowest BCUT2D eigenvalue weighted by molar-refractivity contribution is -0.384. The molecule has 0 aliphatic carbocycles. The van der Waals surface area contributed by atoms with Gasteiger partial charge in [0.15, 0.2) is 0 Å². The van der Waals surface area contributed by atoms with Crippen LogP contribution in [-0.2, 0) is 23.1 Å². The van der Waals surface area contributed by atoms with Gasteiger partial charge in [-0.3, -0.25) is 14.7 Å². The van der Waals surface area contributed by atoms with Crippen LogP contribution in [0.5, 0.6) is 0 Å². The molecular formula is C23H33N2O7P. The van der Waals surface area contributed by atoms with E-state index in [1.54, 1.807) is 19.9 Å². The number of dihydropyridines is 1. The maximum Gasteiger partial charge on any atom is 0.360 e. The summed E-state index contributed by atoms with van der Waals surface area (Å²) in [6.07, 6.45) is 3.04. The van der Waals surface area contributed by atoms with Gasteiger partial charge in [0.2, 0.25) is 0 Å². The predicted molar refractivity (Wildman–Crippen MR) is 126 cm³/mol. The molecule has 1 heterocycles. The number of hydrogen-bond acceptors (Lipinski definition) is 8. The summed E-state index contributed by atoms with van der Waals surface area (Å²) in [5, 5.41) is 14.8. The molecule has 9 nitrogen and oxygen atoms in total. The molecule has 2 rings (SSSR count). The summed E-state index contributed by atoms with van der Waals surface area (Å²) >= 11 is 0. The first-order valence-corrected chi connectivity index (χ1v) is 12.6. The van der Waals surface area contributed by atoms with Gasteiger partial charge < -0.3 is 19.1 Å². The Kier molecular flexibility index (Phi) is 9.83. The summed E-state index contributed by atoms with van der Waals surface area (Å²) in [6.45, 7) is 7.86. The fourth-order valence-corrected chi connectivity index (χ4v) is 5.86. The number of non-ortho nitro benzene ring substituents is 1. The molecule has 1 aromatic carbocycles. The number of nitrogens with zero attached hydrogens (tertiary/aromatic N) is 1. The van der Waals surface area contributed by atoms with E-state index in [9.17, 15) is 19.5 Å². The van der Waals surface area contributed by atoms with E-state index in [2.05, 4.69) is 5.32 Å². The minimum atomic E-state index is -3.88. The van der Waals surface area contributed by atoms with Gasteiger partial charge in [0.05, 0.1) is 42.1 Å². The first-order valence-electron chi connectivity index (χ1n) is 11.1. The highest BCUT2D eigenvalue weighted by Crippen LogP contribution is 2.64. The quantitative estimate of drug-likeness (QED) is 0.131. The second kappa shape index (κ2) is 12.1. The Morgan fingerprint density at radius 2 is 1.73 bits per heavy atom. The van der Waals surface area contributed by atoms with Crippen molar-refractivity contribution < 1.29 is 28.1 Å². The Morgan fingerprint density at radius 1 is 1.12 bits per heavy atom. The van der Waals surface area contributed by atoms with E-state index in [1.165, 1.54) is 25.3 Å². The van der Waals surface area contributed by atoms with Crippen LogP contribution in [0.25, 0.3) is 0 Å². The number of nitro groups is 1. The van der Waals surface area contributed by atoms with E-state index in [-0.39, 0.29) is 29.8 Å². The molecule has 10 heteroatoms. The number of rotatable bonds is 12. The van der Waals surface area contributed by atoms with Gasteiger partial charge in [0.1, 0.15) is 0 Å². The van der Waals surface area contributed by atoms with Crippen LogP contribution in [0.4, 0.5) is 5.69 Å². The SMILES string of the molecule is CCCCOP(=O)(OCCCC)C1=C(C)NC(C)=C(C(=O)OC)C1c1cccc([N+](=O)[O-])c1. The fourth-order valence-electron chi connectivity index (χ4n) is 3.70. The van der Waals surface area contributed by atoms with Crippen LogP contribution in [0, 0.1) is 10.1 Å². The lowest BCUT2D eigenvalue weighted by Gasteiger charge is -2.34. The van der Waals surface area contributed by atoms with Crippen molar-refractivity contribution in [1.82, 2.24) is 5.32 Å². The number of benzene rings is 1. The molecular weight excluding hydrogens is 447 g/mol. The summed E-state index contributed by atoms with van der Waals surface area (Å²) in [4.78, 5) is 23.8. The molecule has 0 amide bonds. The smallest absolute Gasteiger partial charge is 0.360 e. The minimum Gasteiger partial charge on any atom is -0.466 e. The molecule has 182 valence electrons. The first-order chi connectivity index (χ1) is 15.7. The van der Waals surface area contributed by atoms with Crippen molar-refractivity contribution in [1.29, 1.82) is 0 Å². The lowest BCUT2D eigenvalue weighted by atomic mass is 9.86. The van der Waals surface area contributed by atoms with Crippen LogP contribution >= 0.6 is 7.60 Å². The summed E-state index contributed by atoms with van der Waals surface area (Å²) in [5.41, 5.74) is 1.52. The van der Waals surface area contributed by atoms with Crippen molar-refractivity contribution in [3.8, 4) is 0 Å². The van der Waals surface area contributed by atoms with Crippen molar-refractivity contribution in [2.75, 3.05) is 20.3 Å². The molecule has 1 aliphatic heterocycles. The molecule has 1 N–H and O–H groups in total. The highest BCUT2D eigenvalue weighted by molar-refractivity contribution is 7.58. The molecule has 0 spiro atoms. The zero-order chi connectivity index (χ0) is 24.6. The Labute approximate surface area is 194 Å². The Balaban J connectivity index is 2.72. The maximum atomic E-state index is 14.2. The standard InChI is InChI=1S/C23H33N2O7P/c1-6-8-13-31-33(29,32-14-9-7-2)22-17(4)24-16(3)20(23(26)30-5)21(22)18-11-10-12-19(15-18)25(27)28/h10-12,15,21,24H,6-9,13-14H2,1-5H3. The summed E-state index contributed by atoms with van der Waals surface area (Å²) in [5.74, 6) is -1.53. The number of allylic oxidation sites excluding steroid dienone is 3. The number of nitrogens with one attached hydrogen (secondary N) is 1. The second-order valence-electron chi connectivity index (χ2n) is 7.82. The van der Waals surface area contributed by atoms with Crippen molar-refractivity contribution in [2.45, 2.75) is 59.3 Å². The van der Waals surface area contributed by atoms with E-state index in [1.807, 2.05) is 13.8 Å². The van der Waals surface area contributed by atoms with Crippen LogP contribution in [0.15, 0.2) is 46.5 Å². The number of ether oxygens (including phenoxy) is 1. The highest BCUT2D eigenvalue weighted by Gasteiger charge is 2.45. The number of hydrogen-bond donors (Lipinski definition) is 1. The highest BCUT2D eigenvalue weighted by atomic mass is 31.2. The molecule has 1 unspecified atom stereocenters. The Bertz CT molecular complexity index is 973. The average Bonchev–Trinajstić information content (AvgIpc) is 2.78. The van der Waals surface area contributed by atoms with Crippen LogP contribution < -0.4 is 5.32 Å². The molecule has 0 bridgehead atoms. The zero-order valence-electron chi connectivity index (χ0n) is 19.9. The Morgan fingerprint density at radius 3 is 2.24 bits per heavy atom. The first kappa shape index (κ1) is 26.8. The van der Waals surface area contributed by atoms with Gasteiger partial charge in [0.25, 0.3) is 5.69 Å². The number of unbranched alkanes of at least 4 members (excludes halogenated alkanes) is 2. The molecule has 1 aromatic rings. The average molecular weight is 480 g/mol. The molecule has 0 fully saturated rings. The predicted octanol–water partition coefficient (Wildman–Crippen LogP) is 5.79. The van der Waals surface area contributed by atoms with E-state index in [4.69, 9.17) is 13.8 Å². The van der Waals surface area contributed by atoms with Gasteiger partial charge in [-0.2, -0.15) is 0 Å². The van der Waals surface area contributed by atoms with Gasteiger partial charge in [-0.05, 0) is 32.3 Å². The third-order valence-electron chi connectivity index (χ3n) is 5.36. The zero-order valence-corrected chi connectivity index (χ0v) is 20.8. The number of esters is 1. The Hall–Kier alpha value is -2.48. The largest absolute Gasteiger partial charge is 0.466 e. The fraction of sp³-hybridized carbons (Fsp3) is 0.522. The minimum absolute atomic E-state index is 0.140. The normalized spacial score (nSPS) is 16.6. The van der Waals surface area contributed by atoms with E-state index < -0.39 is 24.4 Å². The van der Waals surface area contributed by atoms with Crippen molar-refractivity contribution >= 4 is 19.3 Å². The third kappa shape index (κ3) is 6.31. The van der Waals surface area contributed by atoms with Gasteiger partial charge in [-0.15, -0.1) is 0 Å².